The number of aromatic nitrogens is 3. The van der Waals surface area contributed by atoms with Gasteiger partial charge in [-0.3, -0.25) is 23.7 Å². The molecule has 15 nitrogen and oxygen atoms in total. The molecule has 1 atom stereocenters. The van der Waals surface area contributed by atoms with Crippen molar-refractivity contribution in [2.45, 2.75) is 56.6 Å². The summed E-state index contributed by atoms with van der Waals surface area (Å²) in [6, 6.07) is 37.8. The highest BCUT2D eigenvalue weighted by Gasteiger charge is 2.40. The summed E-state index contributed by atoms with van der Waals surface area (Å²) in [6.45, 7) is 5.65. The van der Waals surface area contributed by atoms with E-state index in [-0.39, 0.29) is 28.4 Å². The minimum atomic E-state index is -4.35. The van der Waals surface area contributed by atoms with Crippen molar-refractivity contribution < 1.29 is 32.3 Å². The minimum absolute atomic E-state index is 0.0738. The lowest BCUT2D eigenvalue weighted by atomic mass is 9.76. The zero-order valence-corrected chi connectivity index (χ0v) is 39.4. The van der Waals surface area contributed by atoms with Crippen LogP contribution in [0, 0.1) is 13.8 Å². The first kappa shape index (κ1) is 48.4. The fourth-order valence-electron chi connectivity index (χ4n) is 8.62. The van der Waals surface area contributed by atoms with Crippen molar-refractivity contribution >= 4 is 44.7 Å². The first-order valence-corrected chi connectivity index (χ1v) is 23.7. The second kappa shape index (κ2) is 21.4. The fourth-order valence-corrected chi connectivity index (χ4v) is 10.3. The van der Waals surface area contributed by atoms with E-state index in [1.54, 1.807) is 49.9 Å². The maximum absolute atomic E-state index is 13.9. The number of nitrogens with one attached hydrogen (secondary N) is 4. The van der Waals surface area contributed by atoms with Crippen LogP contribution in [0.1, 0.15) is 63.5 Å². The third kappa shape index (κ3) is 10.4. The zero-order valence-electron chi connectivity index (χ0n) is 38.6. The molecule has 2 aromatic heterocycles. The SMILES string of the molecule is CCNC(=O)CCCOc1cc(C)c(S(=O)(=O)N[C@@H](CNC(=O)c2cn(C)c3cc(CNc4nccn4C(c4ccccc4)(c4ccccc4)c4ccccc4)ccc3c2=O)C(=O)OC)c(C)c1. The number of amides is 2. The Kier molecular flexibility index (Phi) is 15.2. The third-order valence-corrected chi connectivity index (χ3v) is 13.4. The van der Waals surface area contributed by atoms with Gasteiger partial charge in [-0.2, -0.15) is 4.72 Å². The molecule has 5 aromatic carbocycles. The number of pyridine rings is 1. The number of rotatable bonds is 20. The summed E-state index contributed by atoms with van der Waals surface area (Å²) in [4.78, 5) is 56.9. The van der Waals surface area contributed by atoms with Crippen molar-refractivity contribution in [1.29, 1.82) is 0 Å². The summed E-state index contributed by atoms with van der Waals surface area (Å²) in [5.74, 6) is -0.796. The number of carbonyl (C=O) groups is 3. The normalized spacial score (nSPS) is 12.0. The largest absolute Gasteiger partial charge is 0.494 e. The molecule has 68 heavy (non-hydrogen) atoms. The maximum atomic E-state index is 13.9. The van der Waals surface area contributed by atoms with Gasteiger partial charge in [-0.15, -0.1) is 0 Å². The highest BCUT2D eigenvalue weighted by atomic mass is 32.2. The van der Waals surface area contributed by atoms with Gasteiger partial charge in [-0.1, -0.05) is 97.1 Å². The topological polar surface area (TPSA) is 192 Å². The molecule has 0 aliphatic rings. The van der Waals surface area contributed by atoms with Crippen molar-refractivity contribution in [3.63, 3.8) is 0 Å². The summed E-state index contributed by atoms with van der Waals surface area (Å²) in [6.07, 6.45) is 5.90. The number of aryl methyl sites for hydroxylation is 3. The number of sulfonamides is 1. The highest BCUT2D eigenvalue weighted by molar-refractivity contribution is 7.89. The fraction of sp³-hybridized carbons (Fsp3) is 0.250. The van der Waals surface area contributed by atoms with Gasteiger partial charge in [0.2, 0.25) is 27.3 Å². The zero-order chi connectivity index (χ0) is 48.4. The molecule has 4 N–H and O–H groups in total. The molecule has 2 amide bonds. The average Bonchev–Trinajstić information content (AvgIpc) is 3.81. The molecule has 0 bridgehead atoms. The molecule has 2 heterocycles. The molecule has 352 valence electrons. The van der Waals surface area contributed by atoms with Crippen LogP contribution in [0.4, 0.5) is 5.95 Å². The summed E-state index contributed by atoms with van der Waals surface area (Å²) < 4.78 is 44.4. The van der Waals surface area contributed by atoms with Crippen LogP contribution in [0.2, 0.25) is 0 Å². The van der Waals surface area contributed by atoms with Crippen molar-refractivity contribution in [1.82, 2.24) is 29.5 Å². The van der Waals surface area contributed by atoms with Crippen LogP contribution >= 0.6 is 0 Å². The van der Waals surface area contributed by atoms with E-state index in [0.29, 0.717) is 54.3 Å². The van der Waals surface area contributed by atoms with Crippen LogP contribution in [0.3, 0.4) is 0 Å². The number of anilines is 1. The predicted molar refractivity (Wildman–Crippen MR) is 261 cm³/mol. The Hall–Kier alpha value is -7.56. The number of fused-ring (bicyclic) bond motifs is 1. The van der Waals surface area contributed by atoms with Gasteiger partial charge in [0.1, 0.15) is 22.9 Å². The van der Waals surface area contributed by atoms with Gasteiger partial charge >= 0.3 is 5.97 Å². The van der Waals surface area contributed by atoms with E-state index in [9.17, 15) is 27.6 Å². The van der Waals surface area contributed by atoms with Gasteiger partial charge in [0.25, 0.3) is 5.91 Å². The number of hydrogen-bond acceptors (Lipinski definition) is 10. The van der Waals surface area contributed by atoms with Crippen LogP contribution in [-0.4, -0.2) is 73.2 Å². The number of carbonyl (C=O) groups excluding carboxylic acids is 3. The van der Waals surface area contributed by atoms with E-state index in [1.807, 2.05) is 79.9 Å². The molecule has 0 saturated heterocycles. The first-order chi connectivity index (χ1) is 32.8. The Balaban J connectivity index is 1.07. The molecular weight excluding hydrogens is 883 g/mol. The summed E-state index contributed by atoms with van der Waals surface area (Å²) in [5.41, 5.74) is 3.72. The van der Waals surface area contributed by atoms with Crippen LogP contribution in [0.5, 0.6) is 5.75 Å². The number of esters is 1. The van der Waals surface area contributed by atoms with Crippen LogP contribution < -0.4 is 30.8 Å². The van der Waals surface area contributed by atoms with Gasteiger partial charge in [0.05, 0.1) is 24.1 Å². The lowest BCUT2D eigenvalue weighted by molar-refractivity contribution is -0.142. The van der Waals surface area contributed by atoms with E-state index in [1.165, 1.54) is 6.20 Å². The van der Waals surface area contributed by atoms with Crippen molar-refractivity contribution in [2.24, 2.45) is 7.05 Å². The molecule has 0 fully saturated rings. The lowest BCUT2D eigenvalue weighted by Crippen LogP contribution is -2.49. The molecule has 0 radical (unpaired) electrons. The number of hydrogen-bond donors (Lipinski definition) is 4. The van der Waals surface area contributed by atoms with Crippen molar-refractivity contribution in [3.8, 4) is 5.75 Å². The highest BCUT2D eigenvalue weighted by Crippen LogP contribution is 2.42. The molecule has 7 rings (SSSR count). The van der Waals surface area contributed by atoms with Crippen LogP contribution in [0.25, 0.3) is 10.9 Å². The average molecular weight is 938 g/mol. The molecule has 0 aliphatic carbocycles. The van der Waals surface area contributed by atoms with E-state index in [2.05, 4.69) is 61.6 Å². The molecular formula is C52H55N7O8S. The van der Waals surface area contributed by atoms with Crippen LogP contribution in [0.15, 0.2) is 150 Å². The van der Waals surface area contributed by atoms with Gasteiger partial charge in [-0.25, -0.2) is 13.4 Å². The second-order valence-electron chi connectivity index (χ2n) is 16.3. The number of nitrogens with zero attached hydrogens (tertiary/aromatic N) is 3. The summed E-state index contributed by atoms with van der Waals surface area (Å²) in [5, 5.41) is 9.11. The smallest absolute Gasteiger partial charge is 0.325 e. The molecule has 0 spiro atoms. The van der Waals surface area contributed by atoms with Crippen molar-refractivity contribution in [3.05, 3.63) is 189 Å². The third-order valence-electron chi connectivity index (χ3n) is 11.7. The van der Waals surface area contributed by atoms with E-state index in [0.717, 1.165) is 29.4 Å². The standard InChI is InChI=1S/C52H55N7O8S/c1-6-53-46(60)23-16-28-67-41-29-35(2)48(36(3)30-41)68(64,65)57-44(50(63)66-5)33-55-49(62)43-34-58(4)45-31-37(24-25-42(45)47(43)61)32-56-51-54-26-27-59(51)52(38-17-10-7-11-18-38,39-19-12-8-13-20-39)40-21-14-9-15-22-40/h7-15,17-22,24-27,29-31,34,44,57H,6,16,23,28,32-33H2,1-5H3,(H,53,60)(H,54,56)(H,55,62)/t44-/m0/s1. The predicted octanol–water partition coefficient (Wildman–Crippen LogP) is 6.35. The van der Waals surface area contributed by atoms with E-state index >= 15 is 0 Å². The van der Waals surface area contributed by atoms with Crippen molar-refractivity contribution in [2.75, 3.05) is 32.1 Å². The molecule has 0 unspecified atom stereocenters. The van der Waals surface area contributed by atoms with Gasteiger partial charge in [-0.05, 0) is 84.8 Å². The second-order valence-corrected chi connectivity index (χ2v) is 18.0. The Labute approximate surface area is 395 Å². The summed E-state index contributed by atoms with van der Waals surface area (Å²) >= 11 is 0. The Morgan fingerprint density at radius 3 is 2.00 bits per heavy atom. The number of methoxy groups -OCH3 is 1. The quantitative estimate of drug-likeness (QED) is 0.0381. The van der Waals surface area contributed by atoms with E-state index in [4.69, 9.17) is 14.5 Å². The Bertz CT molecular complexity index is 2970. The first-order valence-electron chi connectivity index (χ1n) is 22.2. The van der Waals surface area contributed by atoms with Gasteiger partial charge < -0.3 is 30.0 Å². The summed E-state index contributed by atoms with van der Waals surface area (Å²) in [7, 11) is -1.53. The van der Waals surface area contributed by atoms with Gasteiger partial charge in [0, 0.05) is 57.1 Å². The maximum Gasteiger partial charge on any atom is 0.325 e. The molecule has 16 heteroatoms. The minimum Gasteiger partial charge on any atom is -0.494 e. The molecule has 7 aromatic rings. The molecule has 0 aliphatic heterocycles. The lowest BCUT2D eigenvalue weighted by Gasteiger charge is -2.38. The monoisotopic (exact) mass is 937 g/mol. The number of benzene rings is 5. The molecule has 0 saturated carbocycles. The van der Waals surface area contributed by atoms with E-state index < -0.39 is 45.5 Å². The Morgan fingerprint density at radius 1 is 0.824 bits per heavy atom. The van der Waals surface area contributed by atoms with Gasteiger partial charge in [0.15, 0.2) is 0 Å². The number of ether oxygens (including phenoxy) is 2. The van der Waals surface area contributed by atoms with Crippen LogP contribution in [-0.2, 0) is 43.5 Å². The Morgan fingerprint density at radius 2 is 1.43 bits per heavy atom. The number of imidazole rings is 1.